The van der Waals surface area contributed by atoms with Gasteiger partial charge < -0.3 is 9.64 Å². The summed E-state index contributed by atoms with van der Waals surface area (Å²) in [7, 11) is -3.04. The van der Waals surface area contributed by atoms with Crippen molar-refractivity contribution in [1.29, 1.82) is 0 Å². The maximum atomic E-state index is 11.5. The van der Waals surface area contributed by atoms with Gasteiger partial charge in [0.25, 0.3) is 0 Å². The standard InChI is InChI=1S/C10H15NO3S/c1-9-6-10(8-15(12,13)7-9)11-2-4-14-5-3-11/h6,8H,2-5,7H2,1H3. The van der Waals surface area contributed by atoms with E-state index in [2.05, 4.69) is 4.90 Å². The third-order valence-corrected chi connectivity index (χ3v) is 3.96. The van der Waals surface area contributed by atoms with Crippen molar-refractivity contribution < 1.29 is 13.2 Å². The summed E-state index contributed by atoms with van der Waals surface area (Å²) in [5.41, 5.74) is 1.71. The van der Waals surface area contributed by atoms with Crippen molar-refractivity contribution in [3.05, 3.63) is 22.8 Å². The monoisotopic (exact) mass is 229 g/mol. The molecule has 0 aromatic rings. The first-order valence-electron chi connectivity index (χ1n) is 5.01. The molecule has 0 aromatic carbocycles. The highest BCUT2D eigenvalue weighted by Gasteiger charge is 2.20. The average molecular weight is 229 g/mol. The lowest BCUT2D eigenvalue weighted by Crippen LogP contribution is -2.36. The Morgan fingerprint density at radius 3 is 2.60 bits per heavy atom. The second-order valence-corrected chi connectivity index (χ2v) is 5.79. The van der Waals surface area contributed by atoms with Crippen molar-refractivity contribution in [2.75, 3.05) is 32.1 Å². The van der Waals surface area contributed by atoms with E-state index >= 15 is 0 Å². The third-order valence-electron chi connectivity index (χ3n) is 2.50. The molecule has 4 nitrogen and oxygen atoms in total. The summed E-state index contributed by atoms with van der Waals surface area (Å²) >= 11 is 0. The molecule has 0 saturated carbocycles. The van der Waals surface area contributed by atoms with Crippen molar-refractivity contribution >= 4 is 9.84 Å². The molecule has 5 heteroatoms. The van der Waals surface area contributed by atoms with E-state index < -0.39 is 9.84 Å². The first-order valence-corrected chi connectivity index (χ1v) is 6.73. The van der Waals surface area contributed by atoms with E-state index in [-0.39, 0.29) is 5.75 Å². The quantitative estimate of drug-likeness (QED) is 0.658. The molecule has 2 aliphatic rings. The Hall–Kier alpha value is -0.810. The fraction of sp³-hybridized carbons (Fsp3) is 0.600. The Kier molecular flexibility index (Phi) is 2.84. The number of hydrogen-bond donors (Lipinski definition) is 0. The Morgan fingerprint density at radius 1 is 1.33 bits per heavy atom. The van der Waals surface area contributed by atoms with Gasteiger partial charge in [-0.25, -0.2) is 8.42 Å². The Balaban J connectivity index is 2.23. The van der Waals surface area contributed by atoms with Crippen molar-refractivity contribution in [2.45, 2.75) is 6.92 Å². The summed E-state index contributed by atoms with van der Waals surface area (Å²) in [5.74, 6) is 0.154. The summed E-state index contributed by atoms with van der Waals surface area (Å²) in [5, 5.41) is 1.38. The van der Waals surface area contributed by atoms with Crippen LogP contribution >= 0.6 is 0 Å². The van der Waals surface area contributed by atoms with Crippen LogP contribution in [0.5, 0.6) is 0 Å². The predicted octanol–water partition coefficient (Wildman–Crippen LogP) is 0.535. The highest BCUT2D eigenvalue weighted by atomic mass is 32.2. The molecule has 2 aliphatic heterocycles. The lowest BCUT2D eigenvalue weighted by molar-refractivity contribution is 0.0554. The summed E-state index contributed by atoms with van der Waals surface area (Å²) in [6, 6.07) is 0. The topological polar surface area (TPSA) is 46.6 Å². The smallest absolute Gasteiger partial charge is 0.177 e. The van der Waals surface area contributed by atoms with Crippen LogP contribution in [-0.4, -0.2) is 45.4 Å². The second kappa shape index (κ2) is 3.98. The zero-order chi connectivity index (χ0) is 10.9. The summed E-state index contributed by atoms with van der Waals surface area (Å²) in [6.45, 7) is 4.73. The maximum Gasteiger partial charge on any atom is 0.177 e. The van der Waals surface area contributed by atoms with Crippen LogP contribution in [0, 0.1) is 0 Å². The van der Waals surface area contributed by atoms with E-state index in [1.807, 2.05) is 13.0 Å². The van der Waals surface area contributed by atoms with Gasteiger partial charge in [0.1, 0.15) is 0 Å². The number of sulfone groups is 1. The molecule has 1 fully saturated rings. The average Bonchev–Trinajstić information content (AvgIpc) is 2.16. The lowest BCUT2D eigenvalue weighted by Gasteiger charge is -2.31. The molecule has 0 radical (unpaired) electrons. The molecule has 0 aromatic heterocycles. The molecule has 0 N–H and O–H groups in total. The molecule has 0 atom stereocenters. The van der Waals surface area contributed by atoms with Gasteiger partial charge in [-0.05, 0) is 13.0 Å². The number of hydrogen-bond acceptors (Lipinski definition) is 4. The third kappa shape index (κ3) is 2.60. The van der Waals surface area contributed by atoms with Gasteiger partial charge in [-0.15, -0.1) is 0 Å². The zero-order valence-electron chi connectivity index (χ0n) is 8.77. The summed E-state index contributed by atoms with van der Waals surface area (Å²) < 4.78 is 28.3. The van der Waals surface area contributed by atoms with E-state index in [0.717, 1.165) is 24.4 Å². The molecule has 0 spiro atoms. The molecule has 0 bridgehead atoms. The first kappa shape index (κ1) is 10.7. The van der Waals surface area contributed by atoms with Crippen LogP contribution in [-0.2, 0) is 14.6 Å². The van der Waals surface area contributed by atoms with Crippen molar-refractivity contribution in [2.24, 2.45) is 0 Å². The summed E-state index contributed by atoms with van der Waals surface area (Å²) in [4.78, 5) is 2.06. The van der Waals surface area contributed by atoms with E-state index in [1.54, 1.807) is 0 Å². The number of nitrogens with zero attached hydrogens (tertiary/aromatic N) is 1. The van der Waals surface area contributed by atoms with Gasteiger partial charge in [0, 0.05) is 18.8 Å². The Labute approximate surface area is 90.1 Å². The molecular formula is C10H15NO3S. The SMILES string of the molecule is CC1=CC(N2CCOCC2)=CS(=O)(=O)C1. The molecule has 0 amide bonds. The molecule has 0 unspecified atom stereocenters. The number of rotatable bonds is 1. The number of allylic oxidation sites excluding steroid dienone is 1. The fourth-order valence-corrected chi connectivity index (χ4v) is 3.24. The highest BCUT2D eigenvalue weighted by Crippen LogP contribution is 2.19. The van der Waals surface area contributed by atoms with Crippen molar-refractivity contribution in [1.82, 2.24) is 4.90 Å². The van der Waals surface area contributed by atoms with E-state index in [9.17, 15) is 8.42 Å². The minimum atomic E-state index is -3.04. The first-order chi connectivity index (χ1) is 7.07. The minimum absolute atomic E-state index is 0.154. The number of morpholine rings is 1. The summed E-state index contributed by atoms with van der Waals surface area (Å²) in [6.07, 6.45) is 1.95. The molecule has 84 valence electrons. The Bertz CT molecular complexity index is 402. The van der Waals surface area contributed by atoms with Gasteiger partial charge in [-0.3, -0.25) is 0 Å². The van der Waals surface area contributed by atoms with Crippen LogP contribution in [0.15, 0.2) is 22.8 Å². The predicted molar refractivity (Wildman–Crippen MR) is 58.0 cm³/mol. The minimum Gasteiger partial charge on any atom is -0.378 e. The molecule has 1 saturated heterocycles. The van der Waals surface area contributed by atoms with Gasteiger partial charge in [0.05, 0.1) is 24.4 Å². The van der Waals surface area contributed by atoms with Crippen LogP contribution < -0.4 is 0 Å². The Morgan fingerprint density at radius 2 is 2.00 bits per heavy atom. The van der Waals surface area contributed by atoms with E-state index in [1.165, 1.54) is 5.41 Å². The van der Waals surface area contributed by atoms with Gasteiger partial charge >= 0.3 is 0 Å². The second-order valence-electron chi connectivity index (χ2n) is 3.94. The molecule has 0 aliphatic carbocycles. The maximum absolute atomic E-state index is 11.5. The van der Waals surface area contributed by atoms with Gasteiger partial charge in [-0.1, -0.05) is 5.57 Å². The molecule has 15 heavy (non-hydrogen) atoms. The fourth-order valence-electron chi connectivity index (χ4n) is 1.86. The van der Waals surface area contributed by atoms with Gasteiger partial charge in [0.2, 0.25) is 0 Å². The molecule has 2 rings (SSSR count). The largest absolute Gasteiger partial charge is 0.378 e. The zero-order valence-corrected chi connectivity index (χ0v) is 9.59. The van der Waals surface area contributed by atoms with Crippen LogP contribution in [0.3, 0.4) is 0 Å². The van der Waals surface area contributed by atoms with Gasteiger partial charge in [-0.2, -0.15) is 0 Å². The van der Waals surface area contributed by atoms with Crippen LogP contribution in [0.1, 0.15) is 6.92 Å². The molecule has 2 heterocycles. The van der Waals surface area contributed by atoms with Crippen LogP contribution in [0.25, 0.3) is 0 Å². The van der Waals surface area contributed by atoms with E-state index in [0.29, 0.717) is 13.2 Å². The highest BCUT2D eigenvalue weighted by molar-refractivity contribution is 7.94. The van der Waals surface area contributed by atoms with Crippen LogP contribution in [0.4, 0.5) is 0 Å². The van der Waals surface area contributed by atoms with Crippen molar-refractivity contribution in [3.63, 3.8) is 0 Å². The lowest BCUT2D eigenvalue weighted by atomic mass is 10.2. The normalized spacial score (nSPS) is 25.8. The van der Waals surface area contributed by atoms with Crippen molar-refractivity contribution in [3.8, 4) is 0 Å². The van der Waals surface area contributed by atoms with Crippen LogP contribution in [0.2, 0.25) is 0 Å². The van der Waals surface area contributed by atoms with E-state index in [4.69, 9.17) is 4.74 Å². The number of ether oxygens (including phenoxy) is 1. The molecular weight excluding hydrogens is 214 g/mol. The van der Waals surface area contributed by atoms with Gasteiger partial charge in [0.15, 0.2) is 9.84 Å².